The molecule has 1 aromatic carbocycles. The maximum atomic E-state index is 11.2. The van der Waals surface area contributed by atoms with Crippen LogP contribution in [-0.2, 0) is 4.74 Å². The van der Waals surface area contributed by atoms with E-state index in [0.717, 1.165) is 9.13 Å². The van der Waals surface area contributed by atoms with Gasteiger partial charge in [0.15, 0.2) is 0 Å². The fourth-order valence-electron chi connectivity index (χ4n) is 1.03. The van der Waals surface area contributed by atoms with Gasteiger partial charge in [0.2, 0.25) is 0 Å². The lowest BCUT2D eigenvalue weighted by Crippen LogP contribution is -2.05. The van der Waals surface area contributed by atoms with Gasteiger partial charge in [-0.1, -0.05) is 0 Å². The minimum atomic E-state index is -0.324. The molecule has 0 radical (unpaired) electrons. The second-order valence-corrected chi connectivity index (χ2v) is 3.84. The molecule has 0 aliphatic rings. The minimum Gasteiger partial charge on any atom is -0.465 e. The predicted molar refractivity (Wildman–Crippen MR) is 59.6 cm³/mol. The number of benzene rings is 1. The largest absolute Gasteiger partial charge is 0.465 e. The van der Waals surface area contributed by atoms with E-state index in [1.807, 2.05) is 6.92 Å². The number of aryl methyl sites for hydroxylation is 1. The molecule has 0 saturated carbocycles. The first-order valence-electron chi connectivity index (χ1n) is 3.70. The molecule has 0 aliphatic carbocycles. The van der Waals surface area contributed by atoms with E-state index in [1.54, 1.807) is 12.1 Å². The number of halogens is 1. The Bertz CT molecular complexity index is 350. The van der Waals surface area contributed by atoms with Crippen molar-refractivity contribution in [3.8, 4) is 0 Å². The topological polar surface area (TPSA) is 52.3 Å². The summed E-state index contributed by atoms with van der Waals surface area (Å²) in [6.07, 6.45) is 0. The zero-order valence-electron chi connectivity index (χ0n) is 7.43. The maximum absolute atomic E-state index is 11.2. The second-order valence-electron chi connectivity index (χ2n) is 2.68. The molecule has 0 aliphatic heterocycles. The van der Waals surface area contributed by atoms with Crippen molar-refractivity contribution in [2.24, 2.45) is 0 Å². The predicted octanol–water partition coefficient (Wildman–Crippen LogP) is 1.97. The number of nitrogens with two attached hydrogens (primary N) is 1. The Hall–Kier alpha value is -0.780. The van der Waals surface area contributed by atoms with Gasteiger partial charge in [-0.2, -0.15) is 0 Å². The van der Waals surface area contributed by atoms with E-state index in [1.165, 1.54) is 7.11 Å². The standard InChI is InChI=1S/C9H10INO2/c1-5-3-8(11)7(10)4-6(5)9(12)13-2/h3-4H,11H2,1-2H3. The first kappa shape index (κ1) is 10.3. The SMILES string of the molecule is COC(=O)c1cc(I)c(N)cc1C. The van der Waals surface area contributed by atoms with Crippen molar-refractivity contribution >= 4 is 34.2 Å². The molecule has 0 aromatic heterocycles. The summed E-state index contributed by atoms with van der Waals surface area (Å²) in [5.74, 6) is -0.324. The van der Waals surface area contributed by atoms with Gasteiger partial charge >= 0.3 is 5.97 Å². The van der Waals surface area contributed by atoms with Crippen molar-refractivity contribution in [1.82, 2.24) is 0 Å². The van der Waals surface area contributed by atoms with Crippen LogP contribution in [0.15, 0.2) is 12.1 Å². The van der Waals surface area contributed by atoms with E-state index in [4.69, 9.17) is 5.73 Å². The first-order valence-corrected chi connectivity index (χ1v) is 4.78. The van der Waals surface area contributed by atoms with Gasteiger partial charge in [-0.25, -0.2) is 4.79 Å². The Morgan fingerprint density at radius 3 is 2.69 bits per heavy atom. The molecule has 0 amide bonds. The summed E-state index contributed by atoms with van der Waals surface area (Å²) in [6, 6.07) is 3.51. The Balaban J connectivity index is 3.23. The highest BCUT2D eigenvalue weighted by molar-refractivity contribution is 14.1. The second kappa shape index (κ2) is 3.95. The van der Waals surface area contributed by atoms with E-state index in [9.17, 15) is 4.79 Å². The highest BCUT2D eigenvalue weighted by Crippen LogP contribution is 2.20. The van der Waals surface area contributed by atoms with Gasteiger partial charge in [0.05, 0.1) is 12.7 Å². The van der Waals surface area contributed by atoms with E-state index < -0.39 is 0 Å². The molecule has 13 heavy (non-hydrogen) atoms. The average molecular weight is 291 g/mol. The molecular formula is C9H10INO2. The molecule has 0 unspecified atom stereocenters. The Morgan fingerprint density at radius 1 is 1.54 bits per heavy atom. The minimum absolute atomic E-state index is 0.324. The van der Waals surface area contributed by atoms with Gasteiger partial charge in [-0.05, 0) is 47.2 Å². The number of rotatable bonds is 1. The Labute approximate surface area is 90.4 Å². The number of carbonyl (C=O) groups is 1. The summed E-state index contributed by atoms with van der Waals surface area (Å²) in [5.41, 5.74) is 7.77. The fourth-order valence-corrected chi connectivity index (χ4v) is 1.50. The fraction of sp³-hybridized carbons (Fsp3) is 0.222. The molecule has 3 nitrogen and oxygen atoms in total. The summed E-state index contributed by atoms with van der Waals surface area (Å²) in [5, 5.41) is 0. The van der Waals surface area contributed by atoms with Crippen molar-refractivity contribution in [3.05, 3.63) is 26.8 Å². The van der Waals surface area contributed by atoms with Gasteiger partial charge in [0.25, 0.3) is 0 Å². The van der Waals surface area contributed by atoms with E-state index in [0.29, 0.717) is 11.3 Å². The molecule has 1 aromatic rings. The number of hydrogen-bond acceptors (Lipinski definition) is 3. The molecular weight excluding hydrogens is 281 g/mol. The van der Waals surface area contributed by atoms with Crippen LogP contribution in [0.2, 0.25) is 0 Å². The van der Waals surface area contributed by atoms with Crippen molar-refractivity contribution in [2.75, 3.05) is 12.8 Å². The molecule has 0 heterocycles. The number of esters is 1. The van der Waals surface area contributed by atoms with Crippen LogP contribution in [-0.4, -0.2) is 13.1 Å². The highest BCUT2D eigenvalue weighted by Gasteiger charge is 2.10. The summed E-state index contributed by atoms with van der Waals surface area (Å²) in [6.45, 7) is 1.83. The molecule has 0 bridgehead atoms. The Kier molecular flexibility index (Phi) is 3.13. The van der Waals surface area contributed by atoms with Crippen molar-refractivity contribution in [2.45, 2.75) is 6.92 Å². The lowest BCUT2D eigenvalue weighted by molar-refractivity contribution is 0.0600. The number of anilines is 1. The van der Waals surface area contributed by atoms with E-state index in [2.05, 4.69) is 27.3 Å². The zero-order valence-corrected chi connectivity index (χ0v) is 9.58. The average Bonchev–Trinajstić information content (AvgIpc) is 2.10. The number of hydrogen-bond donors (Lipinski definition) is 1. The molecule has 0 saturated heterocycles. The zero-order chi connectivity index (χ0) is 10.0. The Morgan fingerprint density at radius 2 is 2.15 bits per heavy atom. The summed E-state index contributed by atoms with van der Waals surface area (Å²) in [7, 11) is 1.37. The van der Waals surface area contributed by atoms with E-state index in [-0.39, 0.29) is 5.97 Å². The van der Waals surface area contributed by atoms with Crippen LogP contribution in [0.25, 0.3) is 0 Å². The number of methoxy groups -OCH3 is 1. The van der Waals surface area contributed by atoms with Crippen LogP contribution in [0.1, 0.15) is 15.9 Å². The highest BCUT2D eigenvalue weighted by atomic mass is 127. The van der Waals surface area contributed by atoms with Gasteiger partial charge in [-0.3, -0.25) is 0 Å². The molecule has 4 heteroatoms. The quantitative estimate of drug-likeness (QED) is 0.489. The van der Waals surface area contributed by atoms with Gasteiger partial charge in [0.1, 0.15) is 0 Å². The molecule has 0 spiro atoms. The van der Waals surface area contributed by atoms with Gasteiger partial charge in [-0.15, -0.1) is 0 Å². The van der Waals surface area contributed by atoms with Crippen LogP contribution in [0.3, 0.4) is 0 Å². The first-order chi connectivity index (χ1) is 6.06. The lowest BCUT2D eigenvalue weighted by atomic mass is 10.1. The van der Waals surface area contributed by atoms with Crippen molar-refractivity contribution < 1.29 is 9.53 Å². The molecule has 0 fully saturated rings. The molecule has 0 atom stereocenters. The molecule has 2 N–H and O–H groups in total. The van der Waals surface area contributed by atoms with Crippen LogP contribution in [0.4, 0.5) is 5.69 Å². The van der Waals surface area contributed by atoms with Crippen LogP contribution < -0.4 is 5.73 Å². The van der Waals surface area contributed by atoms with E-state index >= 15 is 0 Å². The van der Waals surface area contributed by atoms with Crippen molar-refractivity contribution in [1.29, 1.82) is 0 Å². The number of ether oxygens (including phenoxy) is 1. The van der Waals surface area contributed by atoms with Gasteiger partial charge < -0.3 is 10.5 Å². The third-order valence-electron chi connectivity index (χ3n) is 1.75. The van der Waals surface area contributed by atoms with Crippen LogP contribution in [0, 0.1) is 10.5 Å². The third-order valence-corrected chi connectivity index (χ3v) is 2.68. The summed E-state index contributed by atoms with van der Waals surface area (Å²) >= 11 is 2.08. The van der Waals surface area contributed by atoms with Crippen LogP contribution in [0.5, 0.6) is 0 Å². The van der Waals surface area contributed by atoms with Crippen LogP contribution >= 0.6 is 22.6 Å². The lowest BCUT2D eigenvalue weighted by Gasteiger charge is -2.06. The smallest absolute Gasteiger partial charge is 0.338 e. The molecule has 70 valence electrons. The van der Waals surface area contributed by atoms with Gasteiger partial charge in [0, 0.05) is 9.26 Å². The summed E-state index contributed by atoms with van der Waals surface area (Å²) in [4.78, 5) is 11.2. The maximum Gasteiger partial charge on any atom is 0.338 e. The monoisotopic (exact) mass is 291 g/mol. The number of carbonyl (C=O) groups excluding carboxylic acids is 1. The normalized spacial score (nSPS) is 9.77. The summed E-state index contributed by atoms with van der Waals surface area (Å²) < 4.78 is 5.49. The third kappa shape index (κ3) is 2.12. The van der Waals surface area contributed by atoms with Crippen molar-refractivity contribution in [3.63, 3.8) is 0 Å². The molecule has 1 rings (SSSR count). The number of nitrogen functional groups attached to an aromatic ring is 1.